The number of benzene rings is 9. The van der Waals surface area contributed by atoms with Crippen molar-refractivity contribution in [2.24, 2.45) is 0 Å². The van der Waals surface area contributed by atoms with Crippen molar-refractivity contribution in [2.45, 2.75) is 31.1 Å². The average molecular weight is 843 g/mol. The van der Waals surface area contributed by atoms with Gasteiger partial charge in [-0.3, -0.25) is 4.98 Å². The fourth-order valence-electron chi connectivity index (χ4n) is 11.6. The normalized spacial score (nSPS) is 13.6. The minimum atomic E-state index is -0.0337. The van der Waals surface area contributed by atoms with Gasteiger partial charge in [0, 0.05) is 33.6 Å². The van der Waals surface area contributed by atoms with Gasteiger partial charge in [-0.15, -0.1) is 0 Å². The van der Waals surface area contributed by atoms with E-state index < -0.39 is 0 Å². The third-order valence-corrected chi connectivity index (χ3v) is 14.6. The summed E-state index contributed by atoms with van der Waals surface area (Å²) < 4.78 is 2.43. The SMILES string of the molecule is c1ccc(-c2ccc(-c3cccc(-c4ccccn4)c3)cc2-c2ccc3c(c2)C2(CCCC2)c2cc(-c4ccc(-n5c6ccccc6c6ccccc65)cc4-c4ccccc4)ccc2-3)cc1. The molecule has 1 fully saturated rings. The molecule has 9 aromatic carbocycles. The lowest BCUT2D eigenvalue weighted by Crippen LogP contribution is -2.20. The molecule has 0 saturated heterocycles. The molecule has 2 aromatic heterocycles. The standard InChI is InChI=1S/C64H46N2/c1-3-16-43(17-4-1)51-31-27-46(45-20-15-21-49(38-45)61-24-11-14-37-65-61)39-57(51)48-29-33-54-53-32-28-47(40-59(53)64(60(54)41-48)35-12-13-36-64)52-34-30-50(42-58(52)44-18-5-2-6-19-44)66-62-25-9-7-22-55(62)56-23-8-10-26-63(56)66/h1-11,14-34,37-42H,12-13,35-36H2. The molecule has 0 atom stereocenters. The second kappa shape index (κ2) is 15.6. The van der Waals surface area contributed by atoms with Crippen molar-refractivity contribution in [2.75, 3.05) is 0 Å². The van der Waals surface area contributed by atoms with Crippen molar-refractivity contribution in [3.05, 3.63) is 242 Å². The monoisotopic (exact) mass is 842 g/mol. The number of hydrogen-bond donors (Lipinski definition) is 0. The first-order valence-electron chi connectivity index (χ1n) is 23.4. The molecule has 0 unspecified atom stereocenters. The summed E-state index contributed by atoms with van der Waals surface area (Å²) in [5, 5.41) is 2.55. The summed E-state index contributed by atoms with van der Waals surface area (Å²) in [6, 6.07) is 83.2. The number of rotatable bonds is 7. The zero-order valence-corrected chi connectivity index (χ0v) is 36.7. The molecule has 0 amide bonds. The molecule has 13 rings (SSSR count). The van der Waals surface area contributed by atoms with Crippen molar-refractivity contribution in [3.63, 3.8) is 0 Å². The molecule has 0 aliphatic heterocycles. The predicted octanol–water partition coefficient (Wildman–Crippen LogP) is 17.0. The van der Waals surface area contributed by atoms with Gasteiger partial charge in [0.1, 0.15) is 0 Å². The van der Waals surface area contributed by atoms with Crippen LogP contribution >= 0.6 is 0 Å². The number of aromatic nitrogens is 2. The summed E-state index contributed by atoms with van der Waals surface area (Å²) in [6.45, 7) is 0. The largest absolute Gasteiger partial charge is 0.309 e. The highest BCUT2D eigenvalue weighted by molar-refractivity contribution is 6.09. The van der Waals surface area contributed by atoms with Gasteiger partial charge in [0.05, 0.1) is 16.7 Å². The first-order chi connectivity index (χ1) is 32.7. The second-order valence-electron chi connectivity index (χ2n) is 18.2. The van der Waals surface area contributed by atoms with Gasteiger partial charge in [-0.25, -0.2) is 0 Å². The van der Waals surface area contributed by atoms with E-state index in [2.05, 4.69) is 228 Å². The number of nitrogens with zero attached hydrogens (tertiary/aromatic N) is 2. The van der Waals surface area contributed by atoms with Gasteiger partial charge in [0.15, 0.2) is 0 Å². The highest BCUT2D eigenvalue weighted by atomic mass is 15.0. The van der Waals surface area contributed by atoms with Gasteiger partial charge < -0.3 is 4.57 Å². The third kappa shape index (κ3) is 6.20. The van der Waals surface area contributed by atoms with Crippen LogP contribution in [0.2, 0.25) is 0 Å². The topological polar surface area (TPSA) is 17.8 Å². The predicted molar refractivity (Wildman–Crippen MR) is 276 cm³/mol. The Labute approximate surface area is 386 Å². The van der Waals surface area contributed by atoms with Crippen LogP contribution < -0.4 is 0 Å². The van der Waals surface area contributed by atoms with Gasteiger partial charge in [-0.1, -0.05) is 177 Å². The molecule has 0 N–H and O–H groups in total. The van der Waals surface area contributed by atoms with Crippen LogP contribution in [0.3, 0.4) is 0 Å². The van der Waals surface area contributed by atoms with E-state index in [1.54, 1.807) is 0 Å². The molecule has 312 valence electrons. The molecular weight excluding hydrogens is 797 g/mol. The van der Waals surface area contributed by atoms with Crippen LogP contribution in [0.15, 0.2) is 231 Å². The fraction of sp³-hybridized carbons (Fsp3) is 0.0781. The Morgan fingerprint density at radius 1 is 0.333 bits per heavy atom. The quantitative estimate of drug-likeness (QED) is 0.156. The first-order valence-corrected chi connectivity index (χ1v) is 23.4. The van der Waals surface area contributed by atoms with E-state index >= 15 is 0 Å². The molecule has 2 heterocycles. The lowest BCUT2D eigenvalue weighted by molar-refractivity contribution is 0.550. The van der Waals surface area contributed by atoms with Gasteiger partial charge in [0.2, 0.25) is 0 Å². The molecule has 66 heavy (non-hydrogen) atoms. The van der Waals surface area contributed by atoms with Crippen LogP contribution in [0.25, 0.3) is 106 Å². The summed E-state index contributed by atoms with van der Waals surface area (Å²) in [6.07, 6.45) is 6.64. The highest BCUT2D eigenvalue weighted by Gasteiger charge is 2.45. The maximum Gasteiger partial charge on any atom is 0.0702 e. The van der Waals surface area contributed by atoms with E-state index in [9.17, 15) is 0 Å². The summed E-state index contributed by atoms with van der Waals surface area (Å²) >= 11 is 0. The van der Waals surface area contributed by atoms with Crippen LogP contribution in [0.4, 0.5) is 0 Å². The maximum absolute atomic E-state index is 4.66. The summed E-state index contributed by atoms with van der Waals surface area (Å²) in [7, 11) is 0. The van der Waals surface area contributed by atoms with Crippen molar-refractivity contribution < 1.29 is 0 Å². The van der Waals surface area contributed by atoms with Gasteiger partial charge in [-0.05, 0) is 151 Å². The lowest BCUT2D eigenvalue weighted by atomic mass is 9.75. The molecule has 2 aliphatic carbocycles. The molecule has 0 radical (unpaired) electrons. The van der Waals surface area contributed by atoms with Gasteiger partial charge in [0.25, 0.3) is 0 Å². The summed E-state index contributed by atoms with van der Waals surface area (Å²) in [5.41, 5.74) is 23.8. The van der Waals surface area contributed by atoms with Gasteiger partial charge in [-0.2, -0.15) is 0 Å². The van der Waals surface area contributed by atoms with Crippen molar-refractivity contribution in [3.8, 4) is 83.7 Å². The molecule has 2 nitrogen and oxygen atoms in total. The van der Waals surface area contributed by atoms with Crippen molar-refractivity contribution in [1.29, 1.82) is 0 Å². The third-order valence-electron chi connectivity index (χ3n) is 14.6. The van der Waals surface area contributed by atoms with Gasteiger partial charge >= 0.3 is 0 Å². The summed E-state index contributed by atoms with van der Waals surface area (Å²) in [5.74, 6) is 0. The Morgan fingerprint density at radius 2 is 0.833 bits per heavy atom. The van der Waals surface area contributed by atoms with Crippen molar-refractivity contribution >= 4 is 21.8 Å². The molecule has 0 bridgehead atoms. The number of pyridine rings is 1. The maximum atomic E-state index is 4.66. The number of para-hydroxylation sites is 2. The lowest BCUT2D eigenvalue weighted by Gasteiger charge is -2.28. The number of hydrogen-bond acceptors (Lipinski definition) is 1. The van der Waals surface area contributed by atoms with E-state index in [4.69, 9.17) is 0 Å². The van der Waals surface area contributed by atoms with E-state index in [1.165, 1.54) is 118 Å². The number of fused-ring (bicyclic) bond motifs is 8. The molecule has 1 spiro atoms. The molecule has 11 aromatic rings. The highest BCUT2D eigenvalue weighted by Crippen LogP contribution is 2.58. The first kappa shape index (κ1) is 38.4. The molecule has 1 saturated carbocycles. The smallest absolute Gasteiger partial charge is 0.0702 e. The Morgan fingerprint density at radius 3 is 1.50 bits per heavy atom. The van der Waals surface area contributed by atoms with Crippen LogP contribution in [0.5, 0.6) is 0 Å². The molecular formula is C64H46N2. The second-order valence-corrected chi connectivity index (χ2v) is 18.2. The Balaban J connectivity index is 0.940. The zero-order valence-electron chi connectivity index (χ0n) is 36.7. The molecule has 2 aliphatic rings. The Kier molecular flexibility index (Phi) is 9.06. The Hall–Kier alpha value is -8.07. The van der Waals surface area contributed by atoms with Crippen molar-refractivity contribution in [1.82, 2.24) is 9.55 Å². The summed E-state index contributed by atoms with van der Waals surface area (Å²) in [4.78, 5) is 4.66. The van der Waals surface area contributed by atoms with E-state index in [1.807, 2.05) is 12.3 Å². The minimum Gasteiger partial charge on any atom is -0.309 e. The van der Waals surface area contributed by atoms with Crippen LogP contribution in [-0.4, -0.2) is 9.55 Å². The van der Waals surface area contributed by atoms with E-state index in [0.717, 1.165) is 24.1 Å². The van der Waals surface area contributed by atoms with Crippen LogP contribution in [0.1, 0.15) is 36.8 Å². The fourth-order valence-corrected chi connectivity index (χ4v) is 11.6. The van der Waals surface area contributed by atoms with E-state index in [0.29, 0.717) is 0 Å². The van der Waals surface area contributed by atoms with Crippen LogP contribution in [0, 0.1) is 0 Å². The van der Waals surface area contributed by atoms with Crippen LogP contribution in [-0.2, 0) is 5.41 Å². The molecule has 2 heteroatoms. The minimum absolute atomic E-state index is 0.0337. The van der Waals surface area contributed by atoms with E-state index in [-0.39, 0.29) is 5.41 Å². The Bertz CT molecular complexity index is 3580. The average Bonchev–Trinajstić information content (AvgIpc) is 4.10. The zero-order chi connectivity index (χ0) is 43.6.